The van der Waals surface area contributed by atoms with Crippen LogP contribution in [0.25, 0.3) is 0 Å². The van der Waals surface area contributed by atoms with Crippen molar-refractivity contribution < 1.29 is 9.59 Å². The number of hydrogen-bond donors (Lipinski definition) is 1. The van der Waals surface area contributed by atoms with Crippen molar-refractivity contribution in [1.29, 1.82) is 0 Å². The summed E-state index contributed by atoms with van der Waals surface area (Å²) in [4.78, 5) is 34.1. The van der Waals surface area contributed by atoms with E-state index in [1.165, 1.54) is 24.2 Å². The van der Waals surface area contributed by atoms with E-state index in [0.29, 0.717) is 25.3 Å². The van der Waals surface area contributed by atoms with E-state index in [0.717, 1.165) is 12.8 Å². The van der Waals surface area contributed by atoms with Crippen molar-refractivity contribution in [3.8, 4) is 0 Å². The van der Waals surface area contributed by atoms with Crippen molar-refractivity contribution in [2.75, 3.05) is 19.6 Å². The molecule has 0 aliphatic heterocycles. The molecule has 6 heteroatoms. The number of carbonyl (C=O) groups is 2. The summed E-state index contributed by atoms with van der Waals surface area (Å²) in [7, 11) is 0. The molecule has 0 unspecified atom stereocenters. The summed E-state index contributed by atoms with van der Waals surface area (Å²) in [5, 5.41) is 2.90. The second kappa shape index (κ2) is 10.2. The van der Waals surface area contributed by atoms with Gasteiger partial charge in [-0.3, -0.25) is 14.6 Å². The molecule has 2 aromatic rings. The van der Waals surface area contributed by atoms with Gasteiger partial charge in [0.1, 0.15) is 5.69 Å². The molecule has 0 spiro atoms. The van der Waals surface area contributed by atoms with Crippen LogP contribution >= 0.6 is 0 Å². The lowest BCUT2D eigenvalue weighted by Crippen LogP contribution is -2.36. The van der Waals surface area contributed by atoms with Gasteiger partial charge in [-0.15, -0.1) is 0 Å². The van der Waals surface area contributed by atoms with Crippen LogP contribution in [0.15, 0.2) is 48.9 Å². The van der Waals surface area contributed by atoms with E-state index in [2.05, 4.69) is 15.3 Å². The zero-order valence-electron chi connectivity index (χ0n) is 14.5. The van der Waals surface area contributed by atoms with E-state index in [-0.39, 0.29) is 18.2 Å². The van der Waals surface area contributed by atoms with E-state index < -0.39 is 0 Å². The van der Waals surface area contributed by atoms with Crippen LogP contribution in [0.5, 0.6) is 0 Å². The molecule has 0 radical (unpaired) electrons. The molecule has 0 aliphatic rings. The molecule has 0 bridgehead atoms. The van der Waals surface area contributed by atoms with Gasteiger partial charge in [-0.1, -0.05) is 37.3 Å². The number of aromatic nitrogens is 2. The highest BCUT2D eigenvalue weighted by Gasteiger charge is 2.17. The number of rotatable bonds is 9. The molecule has 6 nitrogen and oxygen atoms in total. The fourth-order valence-electron chi connectivity index (χ4n) is 2.47. The normalized spacial score (nSPS) is 10.3. The molecule has 132 valence electrons. The summed E-state index contributed by atoms with van der Waals surface area (Å²) in [6.07, 6.45) is 6.37. The number of benzene rings is 1. The maximum atomic E-state index is 12.4. The van der Waals surface area contributed by atoms with Gasteiger partial charge in [0.2, 0.25) is 5.91 Å². The van der Waals surface area contributed by atoms with Gasteiger partial charge in [-0.2, -0.15) is 0 Å². The number of hydrogen-bond acceptors (Lipinski definition) is 4. The minimum absolute atomic E-state index is 0.0519. The maximum Gasteiger partial charge on any atom is 0.274 e. The van der Waals surface area contributed by atoms with Crippen LogP contribution in [-0.2, 0) is 11.2 Å². The van der Waals surface area contributed by atoms with Gasteiger partial charge in [0.05, 0.1) is 6.20 Å². The molecule has 1 aromatic carbocycles. The highest BCUT2D eigenvalue weighted by atomic mass is 16.2. The standard InChI is InChI=1S/C19H24N4O2/c1-2-13-23(19(25)17-15-20-11-12-21-17)14-9-18(24)22-10-8-16-6-4-3-5-7-16/h3-7,11-12,15H,2,8-10,13-14H2,1H3,(H,22,24). The number of nitrogens with one attached hydrogen (secondary N) is 1. The van der Waals surface area contributed by atoms with Crippen LogP contribution in [0.3, 0.4) is 0 Å². The van der Waals surface area contributed by atoms with Crippen molar-refractivity contribution in [2.45, 2.75) is 26.2 Å². The minimum atomic E-state index is -0.188. The molecule has 1 heterocycles. The van der Waals surface area contributed by atoms with E-state index in [9.17, 15) is 9.59 Å². The predicted octanol–water partition coefficient (Wildman–Crippen LogP) is 2.08. The smallest absolute Gasteiger partial charge is 0.274 e. The fraction of sp³-hybridized carbons (Fsp3) is 0.368. The summed E-state index contributed by atoms with van der Waals surface area (Å²) < 4.78 is 0. The zero-order valence-corrected chi connectivity index (χ0v) is 14.5. The van der Waals surface area contributed by atoms with Gasteiger partial charge in [0, 0.05) is 38.4 Å². The van der Waals surface area contributed by atoms with Gasteiger partial charge in [-0.25, -0.2) is 4.98 Å². The molecule has 0 aliphatic carbocycles. The first kappa shape index (κ1) is 18.6. The number of nitrogens with zero attached hydrogens (tertiary/aromatic N) is 3. The van der Waals surface area contributed by atoms with Crippen molar-refractivity contribution in [1.82, 2.24) is 20.2 Å². The Labute approximate surface area is 148 Å². The summed E-state index contributed by atoms with van der Waals surface area (Å²) in [5.41, 5.74) is 1.49. The first-order valence-electron chi connectivity index (χ1n) is 8.56. The summed E-state index contributed by atoms with van der Waals surface area (Å²) in [5.74, 6) is -0.240. The van der Waals surface area contributed by atoms with Crippen LogP contribution < -0.4 is 5.32 Å². The average Bonchev–Trinajstić information content (AvgIpc) is 2.66. The second-order valence-electron chi connectivity index (χ2n) is 5.72. The Morgan fingerprint density at radius 3 is 2.60 bits per heavy atom. The maximum absolute atomic E-state index is 12.4. The van der Waals surface area contributed by atoms with E-state index in [1.54, 1.807) is 4.90 Å². The van der Waals surface area contributed by atoms with Crippen LogP contribution in [0.1, 0.15) is 35.8 Å². The molecule has 0 saturated carbocycles. The van der Waals surface area contributed by atoms with Crippen molar-refractivity contribution >= 4 is 11.8 Å². The molecule has 2 rings (SSSR count). The van der Waals surface area contributed by atoms with Gasteiger partial charge in [0.15, 0.2) is 0 Å². The third-order valence-electron chi connectivity index (χ3n) is 3.75. The SMILES string of the molecule is CCCN(CCC(=O)NCCc1ccccc1)C(=O)c1cnccn1. The van der Waals surface area contributed by atoms with Gasteiger partial charge < -0.3 is 10.2 Å². The molecule has 0 atom stereocenters. The Morgan fingerprint density at radius 2 is 1.92 bits per heavy atom. The zero-order chi connectivity index (χ0) is 17.9. The van der Waals surface area contributed by atoms with Gasteiger partial charge in [0.25, 0.3) is 5.91 Å². The van der Waals surface area contributed by atoms with Gasteiger partial charge >= 0.3 is 0 Å². The molecule has 25 heavy (non-hydrogen) atoms. The van der Waals surface area contributed by atoms with Crippen molar-refractivity contribution in [2.24, 2.45) is 0 Å². The quantitative estimate of drug-likeness (QED) is 0.758. The fourth-order valence-corrected chi connectivity index (χ4v) is 2.47. The Kier molecular flexibility index (Phi) is 7.56. The summed E-state index contributed by atoms with van der Waals surface area (Å²) in [6.45, 7) is 3.55. The summed E-state index contributed by atoms with van der Waals surface area (Å²) in [6, 6.07) is 10.0. The monoisotopic (exact) mass is 340 g/mol. The lowest BCUT2D eigenvalue weighted by Gasteiger charge is -2.21. The van der Waals surface area contributed by atoms with E-state index in [1.807, 2.05) is 37.3 Å². The predicted molar refractivity (Wildman–Crippen MR) is 96.0 cm³/mol. The van der Waals surface area contributed by atoms with Crippen LogP contribution in [0, 0.1) is 0 Å². The Hall–Kier alpha value is -2.76. The highest BCUT2D eigenvalue weighted by molar-refractivity contribution is 5.92. The van der Waals surface area contributed by atoms with Crippen LogP contribution in [0.2, 0.25) is 0 Å². The third kappa shape index (κ3) is 6.33. The molecule has 1 N–H and O–H groups in total. The second-order valence-corrected chi connectivity index (χ2v) is 5.72. The van der Waals surface area contributed by atoms with Crippen LogP contribution in [0.4, 0.5) is 0 Å². The first-order valence-corrected chi connectivity index (χ1v) is 8.56. The topological polar surface area (TPSA) is 75.2 Å². The van der Waals surface area contributed by atoms with E-state index >= 15 is 0 Å². The lowest BCUT2D eigenvalue weighted by atomic mass is 10.1. The average molecular weight is 340 g/mol. The minimum Gasteiger partial charge on any atom is -0.356 e. The van der Waals surface area contributed by atoms with Crippen molar-refractivity contribution in [3.05, 3.63) is 60.2 Å². The third-order valence-corrected chi connectivity index (χ3v) is 3.75. The molecule has 1 aromatic heterocycles. The Balaban J connectivity index is 1.78. The molecule has 0 fully saturated rings. The molecule has 0 saturated heterocycles. The van der Waals surface area contributed by atoms with E-state index in [4.69, 9.17) is 0 Å². The Bertz CT molecular complexity index is 662. The number of carbonyl (C=O) groups excluding carboxylic acids is 2. The van der Waals surface area contributed by atoms with Gasteiger partial charge in [-0.05, 0) is 18.4 Å². The molecular weight excluding hydrogens is 316 g/mol. The number of amides is 2. The van der Waals surface area contributed by atoms with Crippen molar-refractivity contribution in [3.63, 3.8) is 0 Å². The lowest BCUT2D eigenvalue weighted by molar-refractivity contribution is -0.121. The molecular formula is C19H24N4O2. The summed E-state index contributed by atoms with van der Waals surface area (Å²) >= 11 is 0. The van der Waals surface area contributed by atoms with Crippen LogP contribution in [-0.4, -0.2) is 46.3 Å². The first-order chi connectivity index (χ1) is 12.2. The molecule has 2 amide bonds. The largest absolute Gasteiger partial charge is 0.356 e. The Morgan fingerprint density at radius 1 is 1.12 bits per heavy atom. The highest BCUT2D eigenvalue weighted by Crippen LogP contribution is 2.03.